The van der Waals surface area contributed by atoms with Gasteiger partial charge in [0, 0.05) is 5.69 Å². The molecule has 0 saturated carbocycles. The van der Waals surface area contributed by atoms with Crippen molar-refractivity contribution in [2.24, 2.45) is 11.8 Å². The lowest BCUT2D eigenvalue weighted by atomic mass is 9.86. The molecule has 0 saturated heterocycles. The highest BCUT2D eigenvalue weighted by Gasteiger charge is 2.37. The van der Waals surface area contributed by atoms with Crippen molar-refractivity contribution in [2.75, 3.05) is 5.32 Å². The van der Waals surface area contributed by atoms with Crippen LogP contribution in [0.2, 0.25) is 0 Å². The number of nitrogens with zero attached hydrogens (tertiary/aromatic N) is 1. The van der Waals surface area contributed by atoms with Gasteiger partial charge in [0.1, 0.15) is 11.6 Å². The highest BCUT2D eigenvalue weighted by atomic mass is 16.2. The van der Waals surface area contributed by atoms with Gasteiger partial charge in [-0.3, -0.25) is 9.59 Å². The van der Waals surface area contributed by atoms with E-state index in [2.05, 4.69) is 10.3 Å². The molecule has 18 heavy (non-hydrogen) atoms. The molecule has 1 unspecified atom stereocenters. The Morgan fingerprint density at radius 1 is 1.17 bits per heavy atom. The highest BCUT2D eigenvalue weighted by Crippen LogP contribution is 2.29. The number of aromatic nitrogens is 1. The second-order valence-corrected chi connectivity index (χ2v) is 5.36. The first kappa shape index (κ1) is 12.7. The lowest BCUT2D eigenvalue weighted by Crippen LogP contribution is -2.39. The zero-order valence-electron chi connectivity index (χ0n) is 11.2. The number of fused-ring (bicyclic) bond motifs is 1. The van der Waals surface area contributed by atoms with Crippen molar-refractivity contribution in [2.45, 2.75) is 33.6 Å². The molecule has 0 aromatic carbocycles. The summed E-state index contributed by atoms with van der Waals surface area (Å²) in [5.74, 6) is -0.756. The van der Waals surface area contributed by atoms with E-state index >= 15 is 0 Å². The standard InChI is InChI=1S/C14H18N2O2/c1-7(2)9-5-6-10-12(15-9)13(17)11(8(3)4)14(18)16-10/h5-8,11H,1-4H3,(H,16,18). The third-order valence-corrected chi connectivity index (χ3v) is 3.23. The molecule has 0 spiro atoms. The summed E-state index contributed by atoms with van der Waals surface area (Å²) in [6, 6.07) is 3.62. The van der Waals surface area contributed by atoms with Crippen LogP contribution in [-0.2, 0) is 4.79 Å². The van der Waals surface area contributed by atoms with Crippen LogP contribution >= 0.6 is 0 Å². The molecular weight excluding hydrogens is 228 g/mol. The summed E-state index contributed by atoms with van der Waals surface area (Å²) >= 11 is 0. The van der Waals surface area contributed by atoms with Crippen LogP contribution < -0.4 is 5.32 Å². The van der Waals surface area contributed by atoms with E-state index in [1.165, 1.54) is 0 Å². The second kappa shape index (κ2) is 4.52. The van der Waals surface area contributed by atoms with E-state index in [-0.39, 0.29) is 23.5 Å². The van der Waals surface area contributed by atoms with Crippen molar-refractivity contribution < 1.29 is 9.59 Å². The SMILES string of the molecule is CC(C)c1ccc2c(n1)C(=O)C(C(C)C)C(=O)N2. The van der Waals surface area contributed by atoms with E-state index < -0.39 is 5.92 Å². The van der Waals surface area contributed by atoms with Crippen LogP contribution in [0.3, 0.4) is 0 Å². The summed E-state index contributed by atoms with van der Waals surface area (Å²) in [5, 5.41) is 2.77. The van der Waals surface area contributed by atoms with E-state index in [1.54, 1.807) is 6.07 Å². The molecule has 1 aliphatic rings. The van der Waals surface area contributed by atoms with Gasteiger partial charge in [-0.25, -0.2) is 4.98 Å². The molecule has 0 bridgehead atoms. The molecule has 0 fully saturated rings. The molecule has 1 N–H and O–H groups in total. The van der Waals surface area contributed by atoms with Gasteiger partial charge in [-0.05, 0) is 24.0 Å². The maximum Gasteiger partial charge on any atom is 0.235 e. The van der Waals surface area contributed by atoms with Gasteiger partial charge in [0.25, 0.3) is 0 Å². The van der Waals surface area contributed by atoms with Crippen molar-refractivity contribution in [3.05, 3.63) is 23.5 Å². The number of amides is 1. The van der Waals surface area contributed by atoms with Gasteiger partial charge < -0.3 is 5.32 Å². The fourth-order valence-corrected chi connectivity index (χ4v) is 2.17. The number of carbonyl (C=O) groups is 2. The number of ketones is 1. The van der Waals surface area contributed by atoms with Gasteiger partial charge in [0.05, 0.1) is 5.69 Å². The lowest BCUT2D eigenvalue weighted by molar-refractivity contribution is -0.119. The quantitative estimate of drug-likeness (QED) is 0.816. The fraction of sp³-hybridized carbons (Fsp3) is 0.500. The molecule has 96 valence electrons. The van der Waals surface area contributed by atoms with Crippen molar-refractivity contribution in [3.63, 3.8) is 0 Å². The molecule has 1 amide bonds. The van der Waals surface area contributed by atoms with Crippen LogP contribution in [0, 0.1) is 11.8 Å². The predicted octanol–water partition coefficient (Wildman–Crippen LogP) is 2.61. The van der Waals surface area contributed by atoms with E-state index in [4.69, 9.17) is 0 Å². The zero-order valence-corrected chi connectivity index (χ0v) is 11.2. The van der Waals surface area contributed by atoms with Crippen LogP contribution in [0.15, 0.2) is 12.1 Å². The van der Waals surface area contributed by atoms with E-state index in [0.717, 1.165) is 5.69 Å². The number of hydrogen-bond acceptors (Lipinski definition) is 3. The number of nitrogens with one attached hydrogen (secondary N) is 1. The lowest BCUT2D eigenvalue weighted by Gasteiger charge is -2.25. The Hall–Kier alpha value is -1.71. The van der Waals surface area contributed by atoms with Gasteiger partial charge in [0.15, 0.2) is 5.78 Å². The summed E-state index contributed by atoms with van der Waals surface area (Å²) in [7, 11) is 0. The Bertz CT molecular complexity index is 507. The smallest absolute Gasteiger partial charge is 0.235 e. The number of pyridine rings is 1. The Labute approximate surface area is 107 Å². The molecule has 4 heteroatoms. The first-order valence-electron chi connectivity index (χ1n) is 6.27. The summed E-state index contributed by atoms with van der Waals surface area (Å²) in [6.07, 6.45) is 0. The van der Waals surface area contributed by atoms with Crippen molar-refractivity contribution in [3.8, 4) is 0 Å². The number of anilines is 1. The van der Waals surface area contributed by atoms with Crippen molar-refractivity contribution >= 4 is 17.4 Å². The van der Waals surface area contributed by atoms with Gasteiger partial charge >= 0.3 is 0 Å². The van der Waals surface area contributed by atoms with E-state index in [0.29, 0.717) is 11.4 Å². The van der Waals surface area contributed by atoms with E-state index in [9.17, 15) is 9.59 Å². The molecular formula is C14H18N2O2. The van der Waals surface area contributed by atoms with Gasteiger partial charge in [-0.15, -0.1) is 0 Å². The first-order chi connectivity index (χ1) is 8.41. The third-order valence-electron chi connectivity index (χ3n) is 3.23. The highest BCUT2D eigenvalue weighted by molar-refractivity contribution is 6.20. The van der Waals surface area contributed by atoms with Crippen LogP contribution in [0.4, 0.5) is 5.69 Å². The fourth-order valence-electron chi connectivity index (χ4n) is 2.17. The molecule has 2 heterocycles. The Kier molecular flexibility index (Phi) is 3.20. The monoisotopic (exact) mass is 246 g/mol. The summed E-state index contributed by atoms with van der Waals surface area (Å²) in [5.41, 5.74) is 1.81. The summed E-state index contributed by atoms with van der Waals surface area (Å²) < 4.78 is 0. The minimum absolute atomic E-state index is 0.0184. The maximum absolute atomic E-state index is 12.3. The Morgan fingerprint density at radius 3 is 2.39 bits per heavy atom. The minimum atomic E-state index is -0.618. The summed E-state index contributed by atoms with van der Waals surface area (Å²) in [6.45, 7) is 7.81. The second-order valence-electron chi connectivity index (χ2n) is 5.36. The van der Waals surface area contributed by atoms with Crippen LogP contribution in [0.1, 0.15) is 49.8 Å². The molecule has 2 rings (SSSR count). The number of Topliss-reactive ketones (excluding diaryl/α,β-unsaturated/α-hetero) is 1. The average Bonchev–Trinajstić information content (AvgIpc) is 2.27. The van der Waals surface area contributed by atoms with Gasteiger partial charge in [-0.2, -0.15) is 0 Å². The Balaban J connectivity index is 2.48. The minimum Gasteiger partial charge on any atom is -0.323 e. The molecule has 1 aliphatic heterocycles. The average molecular weight is 246 g/mol. The zero-order chi connectivity index (χ0) is 13.4. The predicted molar refractivity (Wildman–Crippen MR) is 69.6 cm³/mol. The van der Waals surface area contributed by atoms with Crippen molar-refractivity contribution in [1.82, 2.24) is 4.98 Å². The van der Waals surface area contributed by atoms with Crippen LogP contribution in [0.5, 0.6) is 0 Å². The third kappa shape index (κ3) is 2.03. The molecule has 1 aromatic heterocycles. The van der Waals surface area contributed by atoms with Crippen molar-refractivity contribution in [1.29, 1.82) is 0 Å². The van der Waals surface area contributed by atoms with Crippen LogP contribution in [-0.4, -0.2) is 16.7 Å². The molecule has 4 nitrogen and oxygen atoms in total. The molecule has 0 aliphatic carbocycles. The normalized spacial score (nSPS) is 19.1. The largest absolute Gasteiger partial charge is 0.323 e. The van der Waals surface area contributed by atoms with Crippen LogP contribution in [0.25, 0.3) is 0 Å². The number of rotatable bonds is 2. The van der Waals surface area contributed by atoms with Gasteiger partial charge in [0.2, 0.25) is 5.91 Å². The maximum atomic E-state index is 12.3. The Morgan fingerprint density at radius 2 is 1.83 bits per heavy atom. The number of hydrogen-bond donors (Lipinski definition) is 1. The first-order valence-corrected chi connectivity index (χ1v) is 6.27. The molecule has 1 atom stereocenters. The van der Waals surface area contributed by atoms with E-state index in [1.807, 2.05) is 33.8 Å². The molecule has 0 radical (unpaired) electrons. The van der Waals surface area contributed by atoms with Gasteiger partial charge in [-0.1, -0.05) is 27.7 Å². The summed E-state index contributed by atoms with van der Waals surface area (Å²) in [4.78, 5) is 28.6. The number of carbonyl (C=O) groups excluding carboxylic acids is 2. The molecule has 1 aromatic rings. The topological polar surface area (TPSA) is 59.1 Å².